The van der Waals surface area contributed by atoms with Crippen LogP contribution in [0, 0.1) is 11.6 Å². The second-order valence-electron chi connectivity index (χ2n) is 4.22. The fourth-order valence-electron chi connectivity index (χ4n) is 1.71. The van der Waals surface area contributed by atoms with Crippen LogP contribution in [0.25, 0.3) is 0 Å². The SMILES string of the molecule is CC(=O)c1cc(F)ccc1OCc1cc(Cl)ccc1F. The first-order valence-corrected chi connectivity index (χ1v) is 6.22. The molecule has 2 nitrogen and oxygen atoms in total. The molecule has 0 saturated carbocycles. The van der Waals surface area contributed by atoms with Crippen molar-refractivity contribution in [3.63, 3.8) is 0 Å². The molecule has 0 aliphatic carbocycles. The molecule has 0 heterocycles. The van der Waals surface area contributed by atoms with Crippen LogP contribution >= 0.6 is 11.6 Å². The summed E-state index contributed by atoms with van der Waals surface area (Å²) < 4.78 is 32.0. The van der Waals surface area contributed by atoms with Crippen molar-refractivity contribution in [2.45, 2.75) is 13.5 Å². The molecule has 104 valence electrons. The molecule has 20 heavy (non-hydrogen) atoms. The summed E-state index contributed by atoms with van der Waals surface area (Å²) in [6, 6.07) is 7.71. The van der Waals surface area contributed by atoms with Crippen molar-refractivity contribution in [1.29, 1.82) is 0 Å². The molecule has 0 aromatic heterocycles. The molecule has 0 N–H and O–H groups in total. The van der Waals surface area contributed by atoms with Gasteiger partial charge in [-0.25, -0.2) is 8.78 Å². The third-order valence-corrected chi connectivity index (χ3v) is 2.95. The maximum atomic E-state index is 13.5. The summed E-state index contributed by atoms with van der Waals surface area (Å²) in [6.07, 6.45) is 0. The summed E-state index contributed by atoms with van der Waals surface area (Å²) >= 11 is 5.78. The highest BCUT2D eigenvalue weighted by Crippen LogP contribution is 2.23. The number of ether oxygens (including phenoxy) is 1. The molecular formula is C15H11ClF2O2. The van der Waals surface area contributed by atoms with Gasteiger partial charge in [-0.15, -0.1) is 0 Å². The van der Waals surface area contributed by atoms with Gasteiger partial charge in [-0.05, 0) is 43.3 Å². The predicted octanol–water partition coefficient (Wildman–Crippen LogP) is 4.40. The van der Waals surface area contributed by atoms with Gasteiger partial charge in [0.05, 0.1) is 5.56 Å². The van der Waals surface area contributed by atoms with Gasteiger partial charge in [-0.1, -0.05) is 11.6 Å². The third-order valence-electron chi connectivity index (χ3n) is 2.71. The molecule has 0 saturated heterocycles. The molecule has 2 aromatic rings. The van der Waals surface area contributed by atoms with Gasteiger partial charge in [-0.2, -0.15) is 0 Å². The molecular weight excluding hydrogens is 286 g/mol. The lowest BCUT2D eigenvalue weighted by atomic mass is 10.1. The largest absolute Gasteiger partial charge is 0.488 e. The molecule has 0 bridgehead atoms. The lowest BCUT2D eigenvalue weighted by molar-refractivity contribution is 0.101. The van der Waals surface area contributed by atoms with Gasteiger partial charge in [0.2, 0.25) is 0 Å². The molecule has 0 fully saturated rings. The van der Waals surface area contributed by atoms with Crippen LogP contribution in [-0.4, -0.2) is 5.78 Å². The van der Waals surface area contributed by atoms with Gasteiger partial charge >= 0.3 is 0 Å². The highest BCUT2D eigenvalue weighted by atomic mass is 35.5. The fraction of sp³-hybridized carbons (Fsp3) is 0.133. The Morgan fingerprint density at radius 3 is 2.65 bits per heavy atom. The number of halogens is 3. The molecule has 0 spiro atoms. The Balaban J connectivity index is 2.23. The van der Waals surface area contributed by atoms with E-state index in [0.717, 1.165) is 6.07 Å². The normalized spacial score (nSPS) is 10.4. The van der Waals surface area contributed by atoms with Gasteiger partial charge in [0.15, 0.2) is 5.78 Å². The minimum absolute atomic E-state index is 0.0989. The van der Waals surface area contributed by atoms with E-state index < -0.39 is 11.6 Å². The Kier molecular flexibility index (Phi) is 4.35. The van der Waals surface area contributed by atoms with Gasteiger partial charge in [0, 0.05) is 10.6 Å². The van der Waals surface area contributed by atoms with Crippen LogP contribution in [0.15, 0.2) is 36.4 Å². The van der Waals surface area contributed by atoms with Crippen LogP contribution in [0.5, 0.6) is 5.75 Å². The molecule has 0 amide bonds. The standard InChI is InChI=1S/C15H11ClF2O2/c1-9(19)13-7-12(17)3-5-15(13)20-8-10-6-11(16)2-4-14(10)18/h2-7H,8H2,1H3. The first-order chi connectivity index (χ1) is 9.47. The molecule has 5 heteroatoms. The minimum atomic E-state index is -0.531. The zero-order valence-electron chi connectivity index (χ0n) is 10.6. The monoisotopic (exact) mass is 296 g/mol. The van der Waals surface area contributed by atoms with Crippen molar-refractivity contribution in [2.24, 2.45) is 0 Å². The number of benzene rings is 2. The number of hydrogen-bond donors (Lipinski definition) is 0. The maximum Gasteiger partial charge on any atom is 0.163 e. The lowest BCUT2D eigenvalue weighted by Crippen LogP contribution is -2.03. The van der Waals surface area contributed by atoms with Crippen molar-refractivity contribution in [2.75, 3.05) is 0 Å². The van der Waals surface area contributed by atoms with Crippen LogP contribution < -0.4 is 4.74 Å². The number of ketones is 1. The predicted molar refractivity (Wildman–Crippen MR) is 72.1 cm³/mol. The number of hydrogen-bond acceptors (Lipinski definition) is 2. The molecule has 2 aromatic carbocycles. The zero-order chi connectivity index (χ0) is 14.7. The van der Waals surface area contributed by atoms with E-state index in [1.54, 1.807) is 0 Å². The van der Waals surface area contributed by atoms with E-state index in [1.165, 1.54) is 37.3 Å². The minimum Gasteiger partial charge on any atom is -0.488 e. The van der Waals surface area contributed by atoms with Gasteiger partial charge < -0.3 is 4.74 Å². The third kappa shape index (κ3) is 3.33. The Hall–Kier alpha value is -1.94. The maximum absolute atomic E-state index is 13.5. The number of Topliss-reactive ketones (excluding diaryl/α,β-unsaturated/α-hetero) is 1. The highest BCUT2D eigenvalue weighted by Gasteiger charge is 2.11. The van der Waals surface area contributed by atoms with E-state index in [2.05, 4.69) is 0 Å². The van der Waals surface area contributed by atoms with Crippen LogP contribution in [0.2, 0.25) is 5.02 Å². The Morgan fingerprint density at radius 1 is 1.20 bits per heavy atom. The molecule has 0 aliphatic rings. The van der Waals surface area contributed by atoms with Gasteiger partial charge in [0.25, 0.3) is 0 Å². The summed E-state index contributed by atoms with van der Waals surface area (Å²) in [4.78, 5) is 11.4. The first-order valence-electron chi connectivity index (χ1n) is 5.84. The summed E-state index contributed by atoms with van der Waals surface area (Å²) in [5.74, 6) is -1.11. The second kappa shape index (κ2) is 6.01. The summed E-state index contributed by atoms with van der Waals surface area (Å²) in [5, 5.41) is 0.385. The number of carbonyl (C=O) groups is 1. The summed E-state index contributed by atoms with van der Waals surface area (Å²) in [5.41, 5.74) is 0.378. The van der Waals surface area contributed by atoms with Gasteiger partial charge in [-0.3, -0.25) is 4.79 Å². The van der Waals surface area contributed by atoms with Crippen molar-refractivity contribution in [1.82, 2.24) is 0 Å². The number of rotatable bonds is 4. The topological polar surface area (TPSA) is 26.3 Å². The Morgan fingerprint density at radius 2 is 1.95 bits per heavy atom. The van der Waals surface area contributed by atoms with E-state index in [4.69, 9.17) is 16.3 Å². The first kappa shape index (κ1) is 14.5. The van der Waals surface area contributed by atoms with Crippen LogP contribution in [0.3, 0.4) is 0 Å². The van der Waals surface area contributed by atoms with E-state index in [1.807, 2.05) is 0 Å². The summed E-state index contributed by atoms with van der Waals surface area (Å²) in [7, 11) is 0. The van der Waals surface area contributed by atoms with Gasteiger partial charge in [0.1, 0.15) is 24.0 Å². The van der Waals surface area contributed by atoms with Crippen molar-refractivity contribution in [3.8, 4) is 5.75 Å². The Labute approximate surface area is 119 Å². The molecule has 0 atom stereocenters. The van der Waals surface area contributed by atoms with E-state index in [-0.39, 0.29) is 29.3 Å². The van der Waals surface area contributed by atoms with Crippen molar-refractivity contribution < 1.29 is 18.3 Å². The molecule has 2 rings (SSSR count). The average Bonchev–Trinajstić information content (AvgIpc) is 2.40. The smallest absolute Gasteiger partial charge is 0.163 e. The second-order valence-corrected chi connectivity index (χ2v) is 4.66. The van der Waals surface area contributed by atoms with E-state index in [9.17, 15) is 13.6 Å². The molecule has 0 unspecified atom stereocenters. The lowest BCUT2D eigenvalue weighted by Gasteiger charge is -2.10. The highest BCUT2D eigenvalue weighted by molar-refractivity contribution is 6.30. The van der Waals surface area contributed by atoms with E-state index >= 15 is 0 Å². The van der Waals surface area contributed by atoms with Crippen LogP contribution in [0.1, 0.15) is 22.8 Å². The van der Waals surface area contributed by atoms with E-state index in [0.29, 0.717) is 5.02 Å². The number of carbonyl (C=O) groups excluding carboxylic acids is 1. The summed E-state index contributed by atoms with van der Waals surface area (Å²) in [6.45, 7) is 1.21. The van der Waals surface area contributed by atoms with Crippen molar-refractivity contribution >= 4 is 17.4 Å². The molecule has 0 radical (unpaired) electrons. The van der Waals surface area contributed by atoms with Crippen LogP contribution in [0.4, 0.5) is 8.78 Å². The Bertz CT molecular complexity index is 656. The molecule has 0 aliphatic heterocycles. The van der Waals surface area contributed by atoms with Crippen molar-refractivity contribution in [3.05, 3.63) is 64.2 Å². The zero-order valence-corrected chi connectivity index (χ0v) is 11.4. The fourth-order valence-corrected chi connectivity index (χ4v) is 1.91. The van der Waals surface area contributed by atoms with Crippen LogP contribution in [-0.2, 0) is 6.61 Å². The average molecular weight is 297 g/mol. The quantitative estimate of drug-likeness (QED) is 0.782.